The van der Waals surface area contributed by atoms with Crippen molar-refractivity contribution in [2.45, 2.75) is 6.61 Å². The fourth-order valence-corrected chi connectivity index (χ4v) is 1.73. The van der Waals surface area contributed by atoms with Crippen LogP contribution in [-0.2, 0) is 6.61 Å². The number of aromatic nitrogens is 1. The van der Waals surface area contributed by atoms with Gasteiger partial charge in [-0.2, -0.15) is 5.26 Å². The van der Waals surface area contributed by atoms with E-state index < -0.39 is 0 Å². The molecule has 0 aliphatic rings. The van der Waals surface area contributed by atoms with Gasteiger partial charge in [-0.25, -0.2) is 4.98 Å². The maximum Gasteiger partial charge on any atom is 0.140 e. The number of pyridine rings is 1. The molecule has 90 valence electrons. The van der Waals surface area contributed by atoms with Crippen molar-refractivity contribution in [1.29, 1.82) is 5.26 Å². The quantitative estimate of drug-likeness (QED) is 0.857. The van der Waals surface area contributed by atoms with E-state index in [1.165, 1.54) is 0 Å². The molecule has 0 fully saturated rings. The lowest BCUT2D eigenvalue weighted by atomic mass is 10.2. The molecule has 1 aromatic heterocycles. The van der Waals surface area contributed by atoms with Crippen LogP contribution < -0.4 is 4.74 Å². The van der Waals surface area contributed by atoms with E-state index in [1.807, 2.05) is 6.07 Å². The third-order valence-electron chi connectivity index (χ3n) is 2.25. The standard InChI is InChI=1S/C13H8Cl2N2O/c14-11-2-1-3-12(13(11)15)18-8-9-4-5-17-10(6-9)7-16/h1-6H,8H2. The zero-order valence-corrected chi connectivity index (χ0v) is 10.7. The van der Waals surface area contributed by atoms with Crippen LogP contribution in [0.1, 0.15) is 11.3 Å². The van der Waals surface area contributed by atoms with Crippen molar-refractivity contribution in [3.8, 4) is 11.8 Å². The second-order valence-corrected chi connectivity index (χ2v) is 4.29. The maximum absolute atomic E-state index is 8.74. The van der Waals surface area contributed by atoms with Gasteiger partial charge in [-0.05, 0) is 29.8 Å². The average Bonchev–Trinajstić information content (AvgIpc) is 2.41. The van der Waals surface area contributed by atoms with Crippen molar-refractivity contribution in [3.63, 3.8) is 0 Å². The van der Waals surface area contributed by atoms with Crippen molar-refractivity contribution in [2.24, 2.45) is 0 Å². The summed E-state index contributed by atoms with van der Waals surface area (Å²) in [4.78, 5) is 3.88. The minimum absolute atomic E-state index is 0.303. The van der Waals surface area contributed by atoms with Crippen LogP contribution in [0.3, 0.4) is 0 Å². The summed E-state index contributed by atoms with van der Waals surface area (Å²) in [5.74, 6) is 0.513. The van der Waals surface area contributed by atoms with E-state index in [9.17, 15) is 0 Å². The second kappa shape index (κ2) is 5.72. The summed E-state index contributed by atoms with van der Waals surface area (Å²) in [6.45, 7) is 0.303. The molecule has 1 aromatic carbocycles. The lowest BCUT2D eigenvalue weighted by molar-refractivity contribution is 0.306. The van der Waals surface area contributed by atoms with E-state index >= 15 is 0 Å². The molecule has 0 bridgehead atoms. The van der Waals surface area contributed by atoms with Crippen LogP contribution in [0.15, 0.2) is 36.5 Å². The zero-order valence-electron chi connectivity index (χ0n) is 9.23. The molecule has 0 aliphatic carbocycles. The minimum atomic E-state index is 0.303. The first-order valence-corrected chi connectivity index (χ1v) is 5.88. The molecule has 0 unspecified atom stereocenters. The molecule has 0 aliphatic heterocycles. The highest BCUT2D eigenvalue weighted by Crippen LogP contribution is 2.31. The van der Waals surface area contributed by atoms with E-state index in [0.29, 0.717) is 28.1 Å². The fourth-order valence-electron chi connectivity index (χ4n) is 1.38. The molecule has 3 nitrogen and oxygen atoms in total. The van der Waals surface area contributed by atoms with E-state index in [4.69, 9.17) is 33.2 Å². The molecule has 0 radical (unpaired) electrons. The third kappa shape index (κ3) is 2.92. The Balaban J connectivity index is 2.12. The molecule has 5 heteroatoms. The SMILES string of the molecule is N#Cc1cc(COc2cccc(Cl)c2Cl)ccn1. The highest BCUT2D eigenvalue weighted by molar-refractivity contribution is 6.42. The molecule has 0 atom stereocenters. The van der Waals surface area contributed by atoms with Crippen molar-refractivity contribution in [1.82, 2.24) is 4.98 Å². The summed E-state index contributed by atoms with van der Waals surface area (Å²) in [6.07, 6.45) is 1.57. The first-order chi connectivity index (χ1) is 8.70. The van der Waals surface area contributed by atoms with Crippen LogP contribution in [0.5, 0.6) is 5.75 Å². The second-order valence-electron chi connectivity index (χ2n) is 3.50. The fraction of sp³-hybridized carbons (Fsp3) is 0.0769. The van der Waals surface area contributed by atoms with E-state index in [-0.39, 0.29) is 0 Å². The largest absolute Gasteiger partial charge is 0.487 e. The van der Waals surface area contributed by atoms with Gasteiger partial charge in [0.05, 0.1) is 5.02 Å². The summed E-state index contributed by atoms with van der Waals surface area (Å²) in [6, 6.07) is 10.6. The monoisotopic (exact) mass is 278 g/mol. The Bertz CT molecular complexity index is 608. The molecule has 0 saturated heterocycles. The number of nitrogens with zero attached hydrogens (tertiary/aromatic N) is 2. The lowest BCUT2D eigenvalue weighted by Gasteiger charge is -2.08. The predicted octanol–water partition coefficient (Wildman–Crippen LogP) is 3.84. The number of halogens is 2. The van der Waals surface area contributed by atoms with Crippen LogP contribution in [0.2, 0.25) is 10.0 Å². The van der Waals surface area contributed by atoms with Gasteiger partial charge in [-0.1, -0.05) is 29.3 Å². The molecule has 1 heterocycles. The number of benzene rings is 1. The highest BCUT2D eigenvalue weighted by Gasteiger charge is 2.05. The van der Waals surface area contributed by atoms with Gasteiger partial charge in [-0.3, -0.25) is 0 Å². The Hall–Kier alpha value is -1.76. The van der Waals surface area contributed by atoms with Gasteiger partial charge in [-0.15, -0.1) is 0 Å². The molecular weight excluding hydrogens is 271 g/mol. The van der Waals surface area contributed by atoms with Crippen LogP contribution in [0.4, 0.5) is 0 Å². The molecular formula is C13H8Cl2N2O. The molecule has 2 aromatic rings. The van der Waals surface area contributed by atoms with Crippen LogP contribution in [0.25, 0.3) is 0 Å². The number of nitriles is 1. The first kappa shape index (κ1) is 12.7. The summed E-state index contributed by atoms with van der Waals surface area (Å²) in [7, 11) is 0. The van der Waals surface area contributed by atoms with Gasteiger partial charge in [0.15, 0.2) is 0 Å². The Labute approximate surface area is 115 Å². The van der Waals surface area contributed by atoms with Crippen LogP contribution in [-0.4, -0.2) is 4.98 Å². The number of hydrogen-bond donors (Lipinski definition) is 0. The van der Waals surface area contributed by atoms with E-state index in [0.717, 1.165) is 5.56 Å². The first-order valence-electron chi connectivity index (χ1n) is 5.12. The lowest BCUT2D eigenvalue weighted by Crippen LogP contribution is -1.97. The minimum Gasteiger partial charge on any atom is -0.487 e. The van der Waals surface area contributed by atoms with Gasteiger partial charge in [0.2, 0.25) is 0 Å². The smallest absolute Gasteiger partial charge is 0.140 e. The van der Waals surface area contributed by atoms with E-state index in [1.54, 1.807) is 36.5 Å². The summed E-state index contributed by atoms with van der Waals surface area (Å²) in [5.41, 5.74) is 1.20. The van der Waals surface area contributed by atoms with Gasteiger partial charge < -0.3 is 4.74 Å². The van der Waals surface area contributed by atoms with Gasteiger partial charge >= 0.3 is 0 Å². The van der Waals surface area contributed by atoms with Gasteiger partial charge in [0.25, 0.3) is 0 Å². The van der Waals surface area contributed by atoms with Crippen molar-refractivity contribution >= 4 is 23.2 Å². The Morgan fingerprint density at radius 2 is 2.11 bits per heavy atom. The van der Waals surface area contributed by atoms with E-state index in [2.05, 4.69) is 4.98 Å². The van der Waals surface area contributed by atoms with Crippen molar-refractivity contribution in [3.05, 3.63) is 57.8 Å². The third-order valence-corrected chi connectivity index (χ3v) is 3.05. The summed E-state index contributed by atoms with van der Waals surface area (Å²) in [5, 5.41) is 9.56. The van der Waals surface area contributed by atoms with Gasteiger partial charge in [0, 0.05) is 6.20 Å². The van der Waals surface area contributed by atoms with Crippen molar-refractivity contribution in [2.75, 3.05) is 0 Å². The molecule has 18 heavy (non-hydrogen) atoms. The topological polar surface area (TPSA) is 45.9 Å². The predicted molar refractivity (Wildman–Crippen MR) is 69.7 cm³/mol. The molecule has 0 spiro atoms. The highest BCUT2D eigenvalue weighted by atomic mass is 35.5. The number of ether oxygens (including phenoxy) is 1. The molecule has 0 saturated carbocycles. The Morgan fingerprint density at radius 1 is 1.28 bits per heavy atom. The normalized spacial score (nSPS) is 9.83. The van der Waals surface area contributed by atoms with Crippen LogP contribution >= 0.6 is 23.2 Å². The average molecular weight is 279 g/mol. The summed E-state index contributed by atoms with van der Waals surface area (Å²) < 4.78 is 5.55. The maximum atomic E-state index is 8.74. The van der Waals surface area contributed by atoms with Crippen molar-refractivity contribution < 1.29 is 4.74 Å². The molecule has 2 rings (SSSR count). The zero-order chi connectivity index (χ0) is 13.0. The molecule has 0 amide bonds. The Morgan fingerprint density at radius 3 is 2.89 bits per heavy atom. The molecule has 0 N–H and O–H groups in total. The summed E-state index contributed by atoms with van der Waals surface area (Å²) >= 11 is 11.9. The van der Waals surface area contributed by atoms with Gasteiger partial charge in [0.1, 0.15) is 29.1 Å². The number of hydrogen-bond acceptors (Lipinski definition) is 3. The number of rotatable bonds is 3. The Kier molecular flexibility index (Phi) is 4.03. The van der Waals surface area contributed by atoms with Crippen LogP contribution in [0, 0.1) is 11.3 Å².